The van der Waals surface area contributed by atoms with Gasteiger partial charge in [-0.3, -0.25) is 0 Å². The largest absolute Gasteiger partial charge is 0.310 e. The maximum absolute atomic E-state index is 2.43. The zero-order valence-electron chi connectivity index (χ0n) is 33.7. The van der Waals surface area contributed by atoms with Crippen LogP contribution in [0.4, 0.5) is 17.1 Å². The maximum Gasteiger partial charge on any atom is 0.0468 e. The molecule has 10 aromatic carbocycles. The van der Waals surface area contributed by atoms with Crippen LogP contribution in [0.1, 0.15) is 26.3 Å². The molecule has 0 aliphatic carbocycles. The molecule has 0 fully saturated rings. The van der Waals surface area contributed by atoms with Gasteiger partial charge in [-0.2, -0.15) is 0 Å². The zero-order chi connectivity index (χ0) is 39.9. The first kappa shape index (κ1) is 36.1. The van der Waals surface area contributed by atoms with E-state index in [4.69, 9.17) is 0 Å². The zero-order valence-corrected chi connectivity index (χ0v) is 33.7. The minimum atomic E-state index is 0.0529. The van der Waals surface area contributed by atoms with Crippen molar-refractivity contribution < 1.29 is 0 Å². The van der Waals surface area contributed by atoms with Crippen LogP contribution >= 0.6 is 0 Å². The van der Waals surface area contributed by atoms with E-state index >= 15 is 0 Å². The molecule has 0 saturated carbocycles. The van der Waals surface area contributed by atoms with E-state index < -0.39 is 0 Å². The summed E-state index contributed by atoms with van der Waals surface area (Å²) in [4.78, 5) is 2.41. The smallest absolute Gasteiger partial charge is 0.0468 e. The number of hydrogen-bond acceptors (Lipinski definition) is 1. The highest BCUT2D eigenvalue weighted by atomic mass is 15.1. The summed E-state index contributed by atoms with van der Waals surface area (Å²) in [6.45, 7) is 6.82. The fourth-order valence-electron chi connectivity index (χ4n) is 8.87. The topological polar surface area (TPSA) is 3.24 Å². The molecule has 0 heterocycles. The van der Waals surface area contributed by atoms with Gasteiger partial charge in [-0.05, 0) is 130 Å². The third kappa shape index (κ3) is 6.65. The molecule has 0 spiro atoms. The quantitative estimate of drug-likeness (QED) is 0.146. The Morgan fingerprint density at radius 3 is 1.32 bits per heavy atom. The molecule has 0 amide bonds. The van der Waals surface area contributed by atoms with Crippen molar-refractivity contribution in [1.82, 2.24) is 0 Å². The lowest BCUT2D eigenvalue weighted by Crippen LogP contribution is -2.13. The maximum atomic E-state index is 2.43. The molecule has 0 saturated heterocycles. The van der Waals surface area contributed by atoms with Gasteiger partial charge in [0, 0.05) is 17.1 Å². The van der Waals surface area contributed by atoms with Crippen molar-refractivity contribution >= 4 is 49.4 Å². The van der Waals surface area contributed by atoms with Gasteiger partial charge in [0.2, 0.25) is 0 Å². The van der Waals surface area contributed by atoms with Crippen molar-refractivity contribution in [2.24, 2.45) is 0 Å². The number of hydrogen-bond donors (Lipinski definition) is 0. The predicted molar refractivity (Wildman–Crippen MR) is 254 cm³/mol. The highest BCUT2D eigenvalue weighted by Gasteiger charge is 2.23. The van der Waals surface area contributed by atoms with Gasteiger partial charge >= 0.3 is 0 Å². The average Bonchev–Trinajstić information content (AvgIpc) is 3.30. The third-order valence-corrected chi connectivity index (χ3v) is 11.8. The molecule has 0 aromatic heterocycles. The lowest BCUT2D eigenvalue weighted by atomic mass is 9.81. The molecule has 0 bridgehead atoms. The van der Waals surface area contributed by atoms with E-state index in [1.165, 1.54) is 82.4 Å². The van der Waals surface area contributed by atoms with Crippen molar-refractivity contribution in [2.45, 2.75) is 26.2 Å². The van der Waals surface area contributed by atoms with E-state index in [2.05, 4.69) is 244 Å². The SMILES string of the molecule is CC(C)(C)c1ccc(N(c2ccc(-c3ccccc3)cc2)c2ccc3c(c2)c2ccccc2c2c(-c4ccccc4)cc(-c4ccccc4)c(-c4ccccc4)c32)cc1. The Labute approximate surface area is 347 Å². The molecule has 1 heteroatoms. The number of anilines is 3. The molecule has 59 heavy (non-hydrogen) atoms. The van der Waals surface area contributed by atoms with E-state index in [0.29, 0.717) is 0 Å². The van der Waals surface area contributed by atoms with Gasteiger partial charge in [-0.1, -0.05) is 197 Å². The van der Waals surface area contributed by atoms with E-state index in [0.717, 1.165) is 17.1 Å². The molecular formula is C58H45N. The number of fused-ring (bicyclic) bond motifs is 6. The normalized spacial score (nSPS) is 11.6. The van der Waals surface area contributed by atoms with Gasteiger partial charge in [0.05, 0.1) is 0 Å². The van der Waals surface area contributed by atoms with Gasteiger partial charge in [-0.25, -0.2) is 0 Å². The van der Waals surface area contributed by atoms with Gasteiger partial charge < -0.3 is 4.90 Å². The Morgan fingerprint density at radius 1 is 0.305 bits per heavy atom. The second-order valence-corrected chi connectivity index (χ2v) is 16.5. The molecule has 10 rings (SSSR count). The van der Waals surface area contributed by atoms with Gasteiger partial charge in [0.15, 0.2) is 0 Å². The molecule has 0 unspecified atom stereocenters. The predicted octanol–water partition coefficient (Wildman–Crippen LogP) is 16.6. The molecule has 0 radical (unpaired) electrons. The van der Waals surface area contributed by atoms with Crippen LogP contribution in [-0.2, 0) is 5.41 Å². The van der Waals surface area contributed by atoms with Crippen molar-refractivity contribution in [1.29, 1.82) is 0 Å². The summed E-state index contributed by atoms with van der Waals surface area (Å²) in [6, 6.07) is 80.1. The Hall–Kier alpha value is -7.22. The van der Waals surface area contributed by atoms with E-state index in [-0.39, 0.29) is 5.41 Å². The van der Waals surface area contributed by atoms with Gasteiger partial charge in [-0.15, -0.1) is 0 Å². The Balaban J connectivity index is 1.29. The second kappa shape index (κ2) is 14.9. The standard InChI is InChI=1S/C58H45N/c1-58(2,3)45-30-34-47(35-31-45)59(46-32-28-41(29-33-46)40-18-8-4-9-19-40)48-36-37-51-54(38-48)49-26-16-17-27-50(49)56-53(43-22-12-6-13-23-43)39-52(42-20-10-5-11-21-42)55(57(51)56)44-24-14-7-15-25-44/h4-39H,1-3H3. The summed E-state index contributed by atoms with van der Waals surface area (Å²) >= 11 is 0. The number of rotatable bonds is 7. The highest BCUT2D eigenvalue weighted by molar-refractivity contribution is 6.33. The first-order valence-corrected chi connectivity index (χ1v) is 20.6. The Morgan fingerprint density at radius 2 is 0.746 bits per heavy atom. The van der Waals surface area contributed by atoms with Crippen LogP contribution in [-0.4, -0.2) is 0 Å². The van der Waals surface area contributed by atoms with Crippen LogP contribution in [0.2, 0.25) is 0 Å². The molecule has 0 aliphatic heterocycles. The molecular weight excluding hydrogens is 711 g/mol. The minimum absolute atomic E-state index is 0.0529. The molecule has 1 nitrogen and oxygen atoms in total. The fourth-order valence-corrected chi connectivity index (χ4v) is 8.87. The summed E-state index contributed by atoms with van der Waals surface area (Å²) in [5.41, 5.74) is 14.4. The minimum Gasteiger partial charge on any atom is -0.310 e. The van der Waals surface area contributed by atoms with Crippen molar-refractivity contribution in [3.8, 4) is 44.5 Å². The lowest BCUT2D eigenvalue weighted by molar-refractivity contribution is 0.590. The Kier molecular flexibility index (Phi) is 9.15. The number of benzene rings is 10. The Bertz CT molecular complexity index is 3070. The van der Waals surface area contributed by atoms with Crippen LogP contribution in [0.3, 0.4) is 0 Å². The van der Waals surface area contributed by atoms with Crippen LogP contribution < -0.4 is 4.90 Å². The molecule has 282 valence electrons. The molecule has 0 N–H and O–H groups in total. The molecule has 0 atom stereocenters. The van der Waals surface area contributed by atoms with Crippen LogP contribution in [0.15, 0.2) is 218 Å². The lowest BCUT2D eigenvalue weighted by Gasteiger charge is -2.28. The van der Waals surface area contributed by atoms with Crippen LogP contribution in [0.5, 0.6) is 0 Å². The van der Waals surface area contributed by atoms with E-state index in [1.807, 2.05) is 0 Å². The van der Waals surface area contributed by atoms with E-state index in [9.17, 15) is 0 Å². The molecule has 0 aliphatic rings. The van der Waals surface area contributed by atoms with Crippen LogP contribution in [0.25, 0.3) is 76.8 Å². The first-order chi connectivity index (χ1) is 28.9. The van der Waals surface area contributed by atoms with Crippen molar-refractivity contribution in [2.75, 3.05) is 4.90 Å². The fraction of sp³-hybridized carbons (Fsp3) is 0.0690. The second-order valence-electron chi connectivity index (χ2n) is 16.5. The summed E-state index contributed by atoms with van der Waals surface area (Å²) in [6.07, 6.45) is 0. The highest BCUT2D eigenvalue weighted by Crippen LogP contribution is 2.50. The summed E-state index contributed by atoms with van der Waals surface area (Å²) in [5.74, 6) is 0. The van der Waals surface area contributed by atoms with Gasteiger partial charge in [0.1, 0.15) is 0 Å². The first-order valence-electron chi connectivity index (χ1n) is 20.6. The summed E-state index contributed by atoms with van der Waals surface area (Å²) in [7, 11) is 0. The monoisotopic (exact) mass is 755 g/mol. The van der Waals surface area contributed by atoms with Crippen LogP contribution in [0, 0.1) is 0 Å². The van der Waals surface area contributed by atoms with Crippen molar-refractivity contribution in [3.05, 3.63) is 224 Å². The summed E-state index contributed by atoms with van der Waals surface area (Å²) < 4.78 is 0. The summed E-state index contributed by atoms with van der Waals surface area (Å²) in [5, 5.41) is 7.49. The van der Waals surface area contributed by atoms with Gasteiger partial charge in [0.25, 0.3) is 0 Å². The van der Waals surface area contributed by atoms with Crippen molar-refractivity contribution in [3.63, 3.8) is 0 Å². The number of nitrogens with zero attached hydrogens (tertiary/aromatic N) is 1. The van der Waals surface area contributed by atoms with E-state index in [1.54, 1.807) is 0 Å². The third-order valence-electron chi connectivity index (χ3n) is 11.8. The molecule has 10 aromatic rings. The average molecular weight is 756 g/mol.